The Balaban J connectivity index is 1.76. The topological polar surface area (TPSA) is 125 Å². The van der Waals surface area contributed by atoms with Crippen LogP contribution in [0.1, 0.15) is 5.56 Å². The van der Waals surface area contributed by atoms with Crippen molar-refractivity contribution in [3.05, 3.63) is 58.1 Å². The van der Waals surface area contributed by atoms with Crippen molar-refractivity contribution in [3.63, 3.8) is 0 Å². The van der Waals surface area contributed by atoms with Gasteiger partial charge < -0.3 is 10.1 Å². The fraction of sp³-hybridized carbons (Fsp3) is 0.250. The molecule has 3 rings (SSSR count). The van der Waals surface area contributed by atoms with Gasteiger partial charge in [-0.2, -0.15) is 0 Å². The summed E-state index contributed by atoms with van der Waals surface area (Å²) in [6.07, 6.45) is 0.793. The van der Waals surface area contributed by atoms with Crippen molar-refractivity contribution in [2.75, 3.05) is 18.5 Å². The molecule has 8 nitrogen and oxygen atoms in total. The molecule has 1 heterocycles. The average Bonchev–Trinajstić information content (AvgIpc) is 2.58. The number of ether oxygens (including phenoxy) is 1. The van der Waals surface area contributed by atoms with Crippen LogP contribution in [0, 0.1) is 16.0 Å². The number of benzene rings is 2. The van der Waals surface area contributed by atoms with Crippen molar-refractivity contribution in [1.82, 2.24) is 0 Å². The molecule has 0 spiro atoms. The molecule has 0 radical (unpaired) electrons. The molecule has 0 fully saturated rings. The standard InChI is InChI=1S/C16H17N3O5S/c17-25(22,23)16-8-13(19(20)21)5-6-14(16)18-9-11-7-12-3-1-2-4-15(12)24-10-11/h1-6,8,11,18H,7,9-10H2,(H2,17,22,23). The highest BCUT2D eigenvalue weighted by molar-refractivity contribution is 7.89. The van der Waals surface area contributed by atoms with Gasteiger partial charge in [0.15, 0.2) is 0 Å². The molecule has 0 bridgehead atoms. The van der Waals surface area contributed by atoms with E-state index in [2.05, 4.69) is 5.32 Å². The van der Waals surface area contributed by atoms with Crippen LogP contribution in [-0.4, -0.2) is 26.5 Å². The van der Waals surface area contributed by atoms with E-state index in [-0.39, 0.29) is 22.2 Å². The SMILES string of the molecule is NS(=O)(=O)c1cc([N+](=O)[O-])ccc1NCC1COc2ccccc2C1. The summed E-state index contributed by atoms with van der Waals surface area (Å²) >= 11 is 0. The van der Waals surface area contributed by atoms with E-state index in [1.807, 2.05) is 24.3 Å². The summed E-state index contributed by atoms with van der Waals surface area (Å²) < 4.78 is 29.2. The highest BCUT2D eigenvalue weighted by Gasteiger charge is 2.22. The molecule has 0 aliphatic carbocycles. The minimum absolute atomic E-state index is 0.137. The third kappa shape index (κ3) is 3.89. The lowest BCUT2D eigenvalue weighted by atomic mass is 9.96. The quantitative estimate of drug-likeness (QED) is 0.617. The molecule has 2 aromatic rings. The first-order chi connectivity index (χ1) is 11.8. The lowest BCUT2D eigenvalue weighted by Gasteiger charge is -2.26. The first-order valence-electron chi connectivity index (χ1n) is 7.60. The van der Waals surface area contributed by atoms with Crippen molar-refractivity contribution in [3.8, 4) is 5.75 Å². The van der Waals surface area contributed by atoms with Gasteiger partial charge in [0.2, 0.25) is 10.0 Å². The summed E-state index contributed by atoms with van der Waals surface area (Å²) in [5, 5.41) is 19.1. The number of nitrogens with zero attached hydrogens (tertiary/aromatic N) is 1. The van der Waals surface area contributed by atoms with Crippen molar-refractivity contribution in [2.45, 2.75) is 11.3 Å². The van der Waals surface area contributed by atoms with Gasteiger partial charge in [-0.1, -0.05) is 18.2 Å². The van der Waals surface area contributed by atoms with E-state index in [1.165, 1.54) is 12.1 Å². The largest absolute Gasteiger partial charge is 0.493 e. The number of hydrogen-bond donors (Lipinski definition) is 2. The highest BCUT2D eigenvalue weighted by atomic mass is 32.2. The zero-order valence-corrected chi connectivity index (χ0v) is 14.0. The molecule has 1 unspecified atom stereocenters. The Bertz CT molecular complexity index is 914. The Hall–Kier alpha value is -2.65. The molecule has 0 saturated heterocycles. The summed E-state index contributed by atoms with van der Waals surface area (Å²) in [6.45, 7) is 0.955. The van der Waals surface area contributed by atoms with Gasteiger partial charge in [-0.15, -0.1) is 0 Å². The number of nitro groups is 1. The molecule has 2 aromatic carbocycles. The molecule has 0 saturated carbocycles. The Labute approximate surface area is 144 Å². The number of hydrogen-bond acceptors (Lipinski definition) is 6. The van der Waals surface area contributed by atoms with Crippen LogP contribution in [0.15, 0.2) is 47.4 Å². The number of para-hydroxylation sites is 1. The molecular formula is C16H17N3O5S. The first kappa shape index (κ1) is 17.2. The van der Waals surface area contributed by atoms with E-state index >= 15 is 0 Å². The van der Waals surface area contributed by atoms with Crippen LogP contribution in [0.5, 0.6) is 5.75 Å². The predicted octanol–water partition coefficient (Wildman–Crippen LogP) is 1.91. The predicted molar refractivity (Wildman–Crippen MR) is 92.1 cm³/mol. The molecule has 0 aromatic heterocycles. The first-order valence-corrected chi connectivity index (χ1v) is 9.15. The third-order valence-electron chi connectivity index (χ3n) is 4.02. The van der Waals surface area contributed by atoms with E-state index in [4.69, 9.17) is 9.88 Å². The minimum Gasteiger partial charge on any atom is -0.493 e. The van der Waals surface area contributed by atoms with E-state index in [0.717, 1.165) is 23.8 Å². The number of anilines is 1. The second-order valence-electron chi connectivity index (χ2n) is 5.85. The summed E-state index contributed by atoms with van der Waals surface area (Å²) in [5.74, 6) is 0.998. The summed E-state index contributed by atoms with van der Waals surface area (Å²) in [5.41, 5.74) is 1.01. The lowest BCUT2D eigenvalue weighted by molar-refractivity contribution is -0.385. The minimum atomic E-state index is -4.09. The number of fused-ring (bicyclic) bond motifs is 1. The molecule has 1 aliphatic heterocycles. The maximum Gasteiger partial charge on any atom is 0.270 e. The number of primary sulfonamides is 1. The van der Waals surface area contributed by atoms with Crippen LogP contribution in [0.2, 0.25) is 0 Å². The molecule has 0 amide bonds. The zero-order valence-electron chi connectivity index (χ0n) is 13.2. The van der Waals surface area contributed by atoms with Crippen molar-refractivity contribution < 1.29 is 18.1 Å². The monoisotopic (exact) mass is 363 g/mol. The van der Waals surface area contributed by atoms with Gasteiger partial charge in [0.05, 0.1) is 17.2 Å². The second kappa shape index (κ2) is 6.69. The van der Waals surface area contributed by atoms with E-state index in [1.54, 1.807) is 0 Å². The molecule has 3 N–H and O–H groups in total. The number of sulfonamides is 1. The molecule has 1 atom stereocenters. The fourth-order valence-corrected chi connectivity index (χ4v) is 3.51. The van der Waals surface area contributed by atoms with Gasteiger partial charge in [-0.05, 0) is 24.1 Å². The summed E-state index contributed by atoms with van der Waals surface area (Å²) in [7, 11) is -4.09. The smallest absolute Gasteiger partial charge is 0.270 e. The maximum absolute atomic E-state index is 11.7. The van der Waals surface area contributed by atoms with Gasteiger partial charge in [-0.25, -0.2) is 13.6 Å². The third-order valence-corrected chi connectivity index (χ3v) is 4.97. The Morgan fingerprint density at radius 3 is 2.76 bits per heavy atom. The lowest BCUT2D eigenvalue weighted by Crippen LogP contribution is -2.28. The van der Waals surface area contributed by atoms with Gasteiger partial charge >= 0.3 is 0 Å². The van der Waals surface area contributed by atoms with E-state index < -0.39 is 14.9 Å². The Morgan fingerprint density at radius 2 is 2.04 bits per heavy atom. The number of non-ortho nitro benzene ring substituents is 1. The van der Waals surface area contributed by atoms with E-state index in [9.17, 15) is 18.5 Å². The van der Waals surface area contributed by atoms with Crippen LogP contribution in [0.4, 0.5) is 11.4 Å². The van der Waals surface area contributed by atoms with Crippen molar-refractivity contribution >= 4 is 21.4 Å². The Kier molecular flexibility index (Phi) is 4.60. The number of nitrogens with two attached hydrogens (primary N) is 1. The highest BCUT2D eigenvalue weighted by Crippen LogP contribution is 2.29. The fourth-order valence-electron chi connectivity index (χ4n) is 2.78. The maximum atomic E-state index is 11.7. The zero-order chi connectivity index (χ0) is 18.0. The molecular weight excluding hydrogens is 346 g/mol. The summed E-state index contributed by atoms with van der Waals surface area (Å²) in [6, 6.07) is 11.3. The number of rotatable bonds is 5. The molecule has 132 valence electrons. The molecule has 1 aliphatic rings. The van der Waals surface area contributed by atoms with Crippen LogP contribution in [0.25, 0.3) is 0 Å². The van der Waals surface area contributed by atoms with Crippen LogP contribution < -0.4 is 15.2 Å². The normalized spacial score (nSPS) is 16.6. The van der Waals surface area contributed by atoms with Crippen molar-refractivity contribution in [1.29, 1.82) is 0 Å². The average molecular weight is 363 g/mol. The van der Waals surface area contributed by atoms with Gasteiger partial charge in [0.1, 0.15) is 10.6 Å². The van der Waals surface area contributed by atoms with Gasteiger partial charge in [0, 0.05) is 24.6 Å². The van der Waals surface area contributed by atoms with Crippen LogP contribution in [-0.2, 0) is 16.4 Å². The van der Waals surface area contributed by atoms with Crippen LogP contribution in [0.3, 0.4) is 0 Å². The van der Waals surface area contributed by atoms with Crippen LogP contribution >= 0.6 is 0 Å². The number of nitro benzene ring substituents is 1. The van der Waals surface area contributed by atoms with Gasteiger partial charge in [0.25, 0.3) is 5.69 Å². The number of nitrogens with one attached hydrogen (secondary N) is 1. The molecule has 9 heteroatoms. The molecule has 25 heavy (non-hydrogen) atoms. The van der Waals surface area contributed by atoms with E-state index in [0.29, 0.717) is 13.2 Å². The summed E-state index contributed by atoms with van der Waals surface area (Å²) in [4.78, 5) is 9.89. The second-order valence-corrected chi connectivity index (χ2v) is 7.38. The van der Waals surface area contributed by atoms with Crippen molar-refractivity contribution in [2.24, 2.45) is 11.1 Å². The Morgan fingerprint density at radius 1 is 1.28 bits per heavy atom. The van der Waals surface area contributed by atoms with Gasteiger partial charge in [-0.3, -0.25) is 10.1 Å².